The zero-order valence-electron chi connectivity index (χ0n) is 16.7. The predicted octanol–water partition coefficient (Wildman–Crippen LogP) is 5.35. The lowest BCUT2D eigenvalue weighted by molar-refractivity contribution is 0.110. The van der Waals surface area contributed by atoms with Crippen molar-refractivity contribution in [3.05, 3.63) is 65.7 Å². The summed E-state index contributed by atoms with van der Waals surface area (Å²) in [5.74, 6) is 0.671. The molecular formula is C24H34N2. The molecule has 2 aromatic carbocycles. The maximum Gasteiger partial charge on any atom is 0.0343 e. The fourth-order valence-electron chi connectivity index (χ4n) is 4.29. The summed E-state index contributed by atoms with van der Waals surface area (Å²) in [6, 6.07) is 19.9. The molecule has 0 amide bonds. The fourth-order valence-corrected chi connectivity index (χ4v) is 4.29. The van der Waals surface area contributed by atoms with E-state index in [1.165, 1.54) is 55.7 Å². The molecular weight excluding hydrogens is 316 g/mol. The third-order valence-electron chi connectivity index (χ3n) is 6.25. The maximum atomic E-state index is 3.46. The number of benzene rings is 2. The van der Waals surface area contributed by atoms with E-state index in [0.29, 0.717) is 5.92 Å². The molecule has 2 atom stereocenters. The number of nitrogens with one attached hydrogen (secondary N) is 1. The largest absolute Gasteiger partial charge is 0.385 e. The van der Waals surface area contributed by atoms with Gasteiger partial charge in [0.1, 0.15) is 0 Å². The van der Waals surface area contributed by atoms with Gasteiger partial charge in [0.15, 0.2) is 0 Å². The zero-order chi connectivity index (χ0) is 18.4. The van der Waals surface area contributed by atoms with Gasteiger partial charge in [0, 0.05) is 18.8 Å². The highest BCUT2D eigenvalue weighted by Crippen LogP contribution is 2.40. The van der Waals surface area contributed by atoms with E-state index in [9.17, 15) is 0 Å². The molecule has 1 aliphatic heterocycles. The second-order valence-corrected chi connectivity index (χ2v) is 8.07. The Morgan fingerprint density at radius 2 is 1.92 bits per heavy atom. The van der Waals surface area contributed by atoms with E-state index in [2.05, 4.69) is 85.6 Å². The van der Waals surface area contributed by atoms with E-state index < -0.39 is 0 Å². The van der Waals surface area contributed by atoms with Crippen LogP contribution in [0.5, 0.6) is 0 Å². The van der Waals surface area contributed by atoms with Crippen LogP contribution < -0.4 is 5.32 Å². The van der Waals surface area contributed by atoms with Crippen LogP contribution in [0.3, 0.4) is 0 Å². The van der Waals surface area contributed by atoms with E-state index in [4.69, 9.17) is 0 Å². The summed E-state index contributed by atoms with van der Waals surface area (Å²) in [4.78, 5) is 2.67. The van der Waals surface area contributed by atoms with Crippen LogP contribution in [-0.4, -0.2) is 31.1 Å². The van der Waals surface area contributed by atoms with E-state index >= 15 is 0 Å². The Morgan fingerprint density at radius 1 is 1.12 bits per heavy atom. The van der Waals surface area contributed by atoms with Crippen molar-refractivity contribution in [3.63, 3.8) is 0 Å². The second kappa shape index (κ2) is 8.73. The lowest BCUT2D eigenvalue weighted by Gasteiger charge is -2.45. The van der Waals surface area contributed by atoms with Crippen molar-refractivity contribution in [1.29, 1.82) is 0 Å². The molecule has 3 rings (SSSR count). The Morgan fingerprint density at radius 3 is 2.65 bits per heavy atom. The third-order valence-corrected chi connectivity index (χ3v) is 6.25. The molecule has 2 nitrogen and oxygen atoms in total. The number of anilines is 1. The quantitative estimate of drug-likeness (QED) is 0.724. The number of hydrogen-bond acceptors (Lipinski definition) is 2. The minimum Gasteiger partial charge on any atom is -0.385 e. The standard InChI is InChI=1S/C24H34N2/c1-4-25-23-14-8-13-22(18-23)24(3)15-17-26(19-20(24)2)16-9-12-21-10-6-5-7-11-21/h5-8,10-11,13-14,18,20,25H,4,9,12,15-17,19H2,1-3H3. The first-order valence-electron chi connectivity index (χ1n) is 10.2. The van der Waals surface area contributed by atoms with Gasteiger partial charge in [-0.25, -0.2) is 0 Å². The van der Waals surface area contributed by atoms with Gasteiger partial charge in [-0.1, -0.05) is 56.3 Å². The lowest BCUT2D eigenvalue weighted by Crippen LogP contribution is -2.47. The molecule has 2 heteroatoms. The minimum atomic E-state index is 0.279. The monoisotopic (exact) mass is 350 g/mol. The van der Waals surface area contributed by atoms with Gasteiger partial charge in [-0.2, -0.15) is 0 Å². The topological polar surface area (TPSA) is 15.3 Å². The molecule has 1 heterocycles. The van der Waals surface area contributed by atoms with Gasteiger partial charge in [-0.3, -0.25) is 0 Å². The molecule has 0 bridgehead atoms. The van der Waals surface area contributed by atoms with Crippen LogP contribution in [-0.2, 0) is 11.8 Å². The van der Waals surface area contributed by atoms with Crippen molar-refractivity contribution < 1.29 is 0 Å². The third kappa shape index (κ3) is 4.48. The van der Waals surface area contributed by atoms with Gasteiger partial charge < -0.3 is 10.2 Å². The summed E-state index contributed by atoms with van der Waals surface area (Å²) < 4.78 is 0. The molecule has 1 aliphatic rings. The summed E-state index contributed by atoms with van der Waals surface area (Å²) in [6.45, 7) is 11.7. The van der Waals surface area contributed by atoms with Crippen LogP contribution in [0.15, 0.2) is 54.6 Å². The minimum absolute atomic E-state index is 0.279. The molecule has 0 spiro atoms. The normalized spacial score (nSPS) is 23.7. The molecule has 1 fully saturated rings. The Bertz CT molecular complexity index is 682. The van der Waals surface area contributed by atoms with Crippen LogP contribution in [0, 0.1) is 5.92 Å². The maximum absolute atomic E-state index is 3.46. The highest BCUT2D eigenvalue weighted by molar-refractivity contribution is 5.47. The number of piperidine rings is 1. The summed E-state index contributed by atoms with van der Waals surface area (Å²) in [5.41, 5.74) is 4.49. The van der Waals surface area contributed by atoms with Gasteiger partial charge in [-0.05, 0) is 73.9 Å². The Balaban J connectivity index is 1.56. The molecule has 2 aromatic rings. The Labute approximate surface area is 159 Å². The molecule has 26 heavy (non-hydrogen) atoms. The van der Waals surface area contributed by atoms with Crippen LogP contribution in [0.1, 0.15) is 44.7 Å². The molecule has 0 aromatic heterocycles. The van der Waals surface area contributed by atoms with Crippen molar-refractivity contribution in [1.82, 2.24) is 4.90 Å². The first-order chi connectivity index (χ1) is 12.6. The van der Waals surface area contributed by atoms with Gasteiger partial charge in [0.05, 0.1) is 0 Å². The van der Waals surface area contributed by atoms with Crippen molar-refractivity contribution in [2.75, 3.05) is 31.5 Å². The van der Waals surface area contributed by atoms with Gasteiger partial charge in [0.2, 0.25) is 0 Å². The molecule has 1 saturated heterocycles. The predicted molar refractivity (Wildman–Crippen MR) is 113 cm³/mol. The van der Waals surface area contributed by atoms with E-state index in [1.54, 1.807) is 0 Å². The van der Waals surface area contributed by atoms with E-state index in [-0.39, 0.29) is 5.41 Å². The summed E-state index contributed by atoms with van der Waals surface area (Å²) in [6.07, 6.45) is 3.69. The zero-order valence-corrected chi connectivity index (χ0v) is 16.7. The molecule has 0 radical (unpaired) electrons. The Kier molecular flexibility index (Phi) is 6.37. The lowest BCUT2D eigenvalue weighted by atomic mass is 9.68. The highest BCUT2D eigenvalue weighted by atomic mass is 15.1. The average Bonchev–Trinajstić information content (AvgIpc) is 2.66. The van der Waals surface area contributed by atoms with Gasteiger partial charge >= 0.3 is 0 Å². The van der Waals surface area contributed by atoms with Crippen LogP contribution in [0.25, 0.3) is 0 Å². The van der Waals surface area contributed by atoms with Crippen molar-refractivity contribution in [2.24, 2.45) is 5.92 Å². The van der Waals surface area contributed by atoms with Crippen molar-refractivity contribution >= 4 is 5.69 Å². The highest BCUT2D eigenvalue weighted by Gasteiger charge is 2.37. The smallest absolute Gasteiger partial charge is 0.0343 e. The summed E-state index contributed by atoms with van der Waals surface area (Å²) in [5, 5.41) is 3.46. The van der Waals surface area contributed by atoms with Gasteiger partial charge in [-0.15, -0.1) is 0 Å². The SMILES string of the molecule is CCNc1cccc(C2(C)CCN(CCCc3ccccc3)CC2C)c1. The van der Waals surface area contributed by atoms with E-state index in [0.717, 1.165) is 6.54 Å². The Hall–Kier alpha value is -1.80. The second-order valence-electron chi connectivity index (χ2n) is 8.07. The summed E-state index contributed by atoms with van der Waals surface area (Å²) in [7, 11) is 0. The molecule has 2 unspecified atom stereocenters. The number of likely N-dealkylation sites (tertiary alicyclic amines) is 1. The van der Waals surface area contributed by atoms with E-state index in [1.807, 2.05) is 0 Å². The van der Waals surface area contributed by atoms with Crippen LogP contribution >= 0.6 is 0 Å². The average molecular weight is 351 g/mol. The first kappa shape index (κ1) is 19.0. The van der Waals surface area contributed by atoms with Crippen LogP contribution in [0.2, 0.25) is 0 Å². The summed E-state index contributed by atoms with van der Waals surface area (Å²) >= 11 is 0. The number of aryl methyl sites for hydroxylation is 1. The number of rotatable bonds is 7. The molecule has 140 valence electrons. The van der Waals surface area contributed by atoms with Crippen LogP contribution in [0.4, 0.5) is 5.69 Å². The molecule has 1 N–H and O–H groups in total. The molecule has 0 aliphatic carbocycles. The van der Waals surface area contributed by atoms with Crippen molar-refractivity contribution in [2.45, 2.75) is 45.4 Å². The van der Waals surface area contributed by atoms with Crippen molar-refractivity contribution in [3.8, 4) is 0 Å². The number of hydrogen-bond donors (Lipinski definition) is 1. The fraction of sp³-hybridized carbons (Fsp3) is 0.500. The molecule has 0 saturated carbocycles. The number of nitrogens with zero attached hydrogens (tertiary/aromatic N) is 1. The first-order valence-corrected chi connectivity index (χ1v) is 10.2. The van der Waals surface area contributed by atoms with Gasteiger partial charge in [0.25, 0.3) is 0 Å².